The van der Waals surface area contributed by atoms with Crippen molar-refractivity contribution >= 4 is 38.7 Å². The van der Waals surface area contributed by atoms with Crippen molar-refractivity contribution in [2.24, 2.45) is 5.41 Å². The van der Waals surface area contributed by atoms with Crippen LogP contribution in [0.4, 0.5) is 0 Å². The normalized spacial score (nSPS) is 11.8. The number of carbonyl (C=O) groups excluding carboxylic acids is 1. The van der Waals surface area contributed by atoms with Crippen LogP contribution in [-0.2, 0) is 4.79 Å². The number of aliphatic carboxylic acids is 1. The number of nitrogens with one attached hydrogen (secondary N) is 2. The van der Waals surface area contributed by atoms with E-state index in [9.17, 15) is 14.4 Å². The van der Waals surface area contributed by atoms with E-state index in [1.807, 2.05) is 0 Å². The van der Waals surface area contributed by atoms with E-state index in [1.54, 1.807) is 26.0 Å². The van der Waals surface area contributed by atoms with Crippen LogP contribution >= 0.6 is 15.9 Å². The molecular formula is C14H15BrN2O4. The molecule has 0 atom stereocenters. The molecule has 6 nitrogen and oxygen atoms in total. The van der Waals surface area contributed by atoms with Gasteiger partial charge in [0, 0.05) is 16.5 Å². The Kier molecular flexibility index (Phi) is 4.04. The van der Waals surface area contributed by atoms with E-state index in [4.69, 9.17) is 5.11 Å². The molecule has 0 spiro atoms. The van der Waals surface area contributed by atoms with Crippen LogP contribution in [0.2, 0.25) is 0 Å². The standard InChI is InChI=1S/C14H15BrN2O4/c1-14(2,6-12(19)20)5-11(18)7-3-9-10(4-8(7)15)17-13(21)16-9/h3-4H,5-6H2,1-2H3,(H,19,20)(H2,16,17,21). The zero-order valence-electron chi connectivity index (χ0n) is 11.6. The lowest BCUT2D eigenvalue weighted by atomic mass is 9.82. The van der Waals surface area contributed by atoms with Crippen LogP contribution < -0.4 is 5.69 Å². The summed E-state index contributed by atoms with van der Waals surface area (Å²) in [5, 5.41) is 8.87. The topological polar surface area (TPSA) is 103 Å². The Balaban J connectivity index is 2.32. The predicted octanol–water partition coefficient (Wildman–Crippen LogP) is 2.69. The van der Waals surface area contributed by atoms with E-state index in [0.29, 0.717) is 21.1 Å². The zero-order chi connectivity index (χ0) is 15.8. The molecule has 0 unspecified atom stereocenters. The number of aromatic amines is 2. The monoisotopic (exact) mass is 354 g/mol. The molecule has 1 aromatic heterocycles. The average Bonchev–Trinajstić information content (AvgIpc) is 2.64. The lowest BCUT2D eigenvalue weighted by Crippen LogP contribution is -2.21. The maximum absolute atomic E-state index is 12.4. The van der Waals surface area contributed by atoms with Crippen molar-refractivity contribution in [1.29, 1.82) is 0 Å². The first-order chi connectivity index (χ1) is 9.68. The van der Waals surface area contributed by atoms with Crippen molar-refractivity contribution in [3.63, 3.8) is 0 Å². The van der Waals surface area contributed by atoms with Crippen molar-refractivity contribution in [2.45, 2.75) is 26.7 Å². The Morgan fingerprint density at radius 1 is 1.19 bits per heavy atom. The number of carboxylic acids is 1. The second-order valence-electron chi connectivity index (χ2n) is 5.79. The number of benzene rings is 1. The highest BCUT2D eigenvalue weighted by Gasteiger charge is 2.26. The highest BCUT2D eigenvalue weighted by atomic mass is 79.9. The molecule has 1 heterocycles. The minimum atomic E-state index is -0.933. The van der Waals surface area contributed by atoms with E-state index in [-0.39, 0.29) is 24.3 Å². The maximum Gasteiger partial charge on any atom is 0.323 e. The number of hydrogen-bond donors (Lipinski definition) is 3. The number of Topliss-reactive ketones (excluding diaryl/α,β-unsaturated/α-hetero) is 1. The Labute approximate surface area is 128 Å². The summed E-state index contributed by atoms with van der Waals surface area (Å²) in [5.41, 5.74) is 0.600. The predicted molar refractivity (Wildman–Crippen MR) is 81.6 cm³/mol. The molecule has 21 heavy (non-hydrogen) atoms. The Morgan fingerprint density at radius 3 is 2.33 bits per heavy atom. The number of hydrogen-bond acceptors (Lipinski definition) is 3. The Morgan fingerprint density at radius 2 is 1.76 bits per heavy atom. The Hall–Kier alpha value is -1.89. The minimum absolute atomic E-state index is 0.0837. The van der Waals surface area contributed by atoms with E-state index in [2.05, 4.69) is 25.9 Å². The van der Waals surface area contributed by atoms with Gasteiger partial charge in [0.25, 0.3) is 0 Å². The number of carbonyl (C=O) groups is 2. The summed E-state index contributed by atoms with van der Waals surface area (Å²) in [7, 11) is 0. The van der Waals surface area contributed by atoms with Gasteiger partial charge in [-0.3, -0.25) is 9.59 Å². The number of H-pyrrole nitrogens is 2. The fourth-order valence-electron chi connectivity index (χ4n) is 2.27. The second-order valence-corrected chi connectivity index (χ2v) is 6.65. The minimum Gasteiger partial charge on any atom is -0.481 e. The smallest absolute Gasteiger partial charge is 0.323 e. The number of aromatic nitrogens is 2. The summed E-state index contributed by atoms with van der Waals surface area (Å²) in [6, 6.07) is 3.25. The summed E-state index contributed by atoms with van der Waals surface area (Å²) in [5.74, 6) is -1.10. The molecule has 0 radical (unpaired) electrons. The average molecular weight is 355 g/mol. The number of halogens is 1. The fraction of sp³-hybridized carbons (Fsp3) is 0.357. The summed E-state index contributed by atoms with van der Waals surface area (Å²) in [6.07, 6.45) is 0.0254. The van der Waals surface area contributed by atoms with Crippen molar-refractivity contribution < 1.29 is 14.7 Å². The third kappa shape index (κ3) is 3.60. The van der Waals surface area contributed by atoms with Crippen molar-refractivity contribution in [3.8, 4) is 0 Å². The number of fused-ring (bicyclic) bond motifs is 1. The van der Waals surface area contributed by atoms with E-state index in [0.717, 1.165) is 0 Å². The largest absolute Gasteiger partial charge is 0.481 e. The molecule has 0 aliphatic heterocycles. The summed E-state index contributed by atoms with van der Waals surface area (Å²) in [6.45, 7) is 3.48. The highest BCUT2D eigenvalue weighted by Crippen LogP contribution is 2.30. The molecule has 0 saturated heterocycles. The van der Waals surface area contributed by atoms with Crippen molar-refractivity contribution in [3.05, 3.63) is 32.7 Å². The van der Waals surface area contributed by atoms with Crippen LogP contribution in [0.15, 0.2) is 21.4 Å². The number of rotatable bonds is 5. The third-order valence-electron chi connectivity index (χ3n) is 3.17. The summed E-state index contributed by atoms with van der Waals surface area (Å²) in [4.78, 5) is 39.7. The van der Waals surface area contributed by atoms with Crippen molar-refractivity contribution in [1.82, 2.24) is 9.97 Å². The molecule has 2 rings (SSSR count). The molecule has 0 fully saturated rings. The van der Waals surface area contributed by atoms with Crippen LogP contribution in [0.1, 0.15) is 37.0 Å². The first-order valence-corrected chi connectivity index (χ1v) is 7.14. The van der Waals surface area contributed by atoms with E-state index in [1.165, 1.54) is 0 Å². The van der Waals surface area contributed by atoms with Crippen LogP contribution in [0.25, 0.3) is 11.0 Å². The SMILES string of the molecule is CC(C)(CC(=O)O)CC(=O)c1cc2[nH]c(=O)[nH]c2cc1Br. The number of imidazole rings is 1. The van der Waals surface area contributed by atoms with Gasteiger partial charge < -0.3 is 15.1 Å². The first-order valence-electron chi connectivity index (χ1n) is 6.34. The first kappa shape index (κ1) is 15.5. The second kappa shape index (κ2) is 5.48. The number of carboxylic acid groups (broad SMARTS) is 1. The third-order valence-corrected chi connectivity index (χ3v) is 3.83. The van der Waals surface area contributed by atoms with Gasteiger partial charge in [-0.1, -0.05) is 13.8 Å². The summed E-state index contributed by atoms with van der Waals surface area (Å²) < 4.78 is 0.571. The van der Waals surface area contributed by atoms with Gasteiger partial charge in [0.2, 0.25) is 0 Å². The Bertz CT molecular complexity index is 773. The van der Waals surface area contributed by atoms with Gasteiger partial charge in [0.1, 0.15) is 0 Å². The molecule has 0 saturated carbocycles. The van der Waals surface area contributed by atoms with Crippen LogP contribution in [-0.4, -0.2) is 26.8 Å². The highest BCUT2D eigenvalue weighted by molar-refractivity contribution is 9.10. The zero-order valence-corrected chi connectivity index (χ0v) is 13.2. The van der Waals surface area contributed by atoms with E-state index < -0.39 is 11.4 Å². The van der Waals surface area contributed by atoms with E-state index >= 15 is 0 Å². The number of ketones is 1. The summed E-state index contributed by atoms with van der Waals surface area (Å²) >= 11 is 3.31. The quantitative estimate of drug-likeness (QED) is 0.718. The van der Waals surface area contributed by atoms with Gasteiger partial charge in [0.05, 0.1) is 17.5 Å². The lowest BCUT2D eigenvalue weighted by molar-refractivity contribution is -0.139. The molecule has 7 heteroatoms. The maximum atomic E-state index is 12.4. The van der Waals surface area contributed by atoms with Crippen molar-refractivity contribution in [2.75, 3.05) is 0 Å². The molecule has 112 valence electrons. The molecule has 3 N–H and O–H groups in total. The molecular weight excluding hydrogens is 340 g/mol. The molecule has 0 aliphatic rings. The molecule has 0 bridgehead atoms. The van der Waals surface area contributed by atoms with Crippen LogP contribution in [0, 0.1) is 5.41 Å². The molecule has 1 aromatic carbocycles. The van der Waals surface area contributed by atoms with Gasteiger partial charge in [-0.05, 0) is 33.5 Å². The van der Waals surface area contributed by atoms with Gasteiger partial charge in [-0.2, -0.15) is 0 Å². The van der Waals surface area contributed by atoms with Crippen LogP contribution in [0.5, 0.6) is 0 Å². The molecule has 0 aliphatic carbocycles. The molecule has 0 amide bonds. The van der Waals surface area contributed by atoms with Gasteiger partial charge in [-0.15, -0.1) is 0 Å². The van der Waals surface area contributed by atoms with Gasteiger partial charge in [-0.25, -0.2) is 4.79 Å². The lowest BCUT2D eigenvalue weighted by Gasteiger charge is -2.21. The molecule has 2 aromatic rings. The van der Waals surface area contributed by atoms with Crippen LogP contribution in [0.3, 0.4) is 0 Å². The van der Waals surface area contributed by atoms with Gasteiger partial charge >= 0.3 is 11.7 Å². The fourth-order valence-corrected chi connectivity index (χ4v) is 2.84. The van der Waals surface area contributed by atoms with Gasteiger partial charge in [0.15, 0.2) is 5.78 Å².